The molecule has 0 radical (unpaired) electrons. The summed E-state index contributed by atoms with van der Waals surface area (Å²) in [4.78, 5) is 28.7. The number of rotatable bonds is 5. The molecule has 0 saturated carbocycles. The normalized spacial score (nSPS) is 16.3. The number of carbonyl (C=O) groups is 2. The van der Waals surface area contributed by atoms with Gasteiger partial charge in [-0.2, -0.15) is 0 Å². The Morgan fingerprint density at radius 2 is 1.79 bits per heavy atom. The van der Waals surface area contributed by atoms with Crippen LogP contribution in [0.15, 0.2) is 53.5 Å². The molecule has 2 aromatic rings. The van der Waals surface area contributed by atoms with E-state index in [9.17, 15) is 9.59 Å². The highest BCUT2D eigenvalue weighted by Gasteiger charge is 2.16. The van der Waals surface area contributed by atoms with Crippen LogP contribution in [0.25, 0.3) is 0 Å². The molecule has 0 aliphatic carbocycles. The fourth-order valence-corrected chi connectivity index (χ4v) is 2.92. The number of amides is 1. The lowest BCUT2D eigenvalue weighted by atomic mass is 10.1. The van der Waals surface area contributed by atoms with Gasteiger partial charge in [-0.3, -0.25) is 10.1 Å². The molecule has 2 aromatic carbocycles. The van der Waals surface area contributed by atoms with Crippen LogP contribution in [0.5, 0.6) is 0 Å². The Bertz CT molecular complexity index is 870. The predicted molar refractivity (Wildman–Crippen MR) is 111 cm³/mol. The van der Waals surface area contributed by atoms with Gasteiger partial charge in [-0.05, 0) is 56.2 Å². The molecule has 1 amide bonds. The first-order chi connectivity index (χ1) is 14.0. The lowest BCUT2D eigenvalue weighted by molar-refractivity contribution is 0.0600. The van der Waals surface area contributed by atoms with Crippen LogP contribution in [-0.4, -0.2) is 44.2 Å². The number of esters is 1. The van der Waals surface area contributed by atoms with Gasteiger partial charge in [0, 0.05) is 17.9 Å². The maximum absolute atomic E-state index is 12.7. The third-order valence-corrected chi connectivity index (χ3v) is 4.59. The molecule has 3 rings (SSSR count). The van der Waals surface area contributed by atoms with E-state index in [0.717, 1.165) is 30.7 Å². The van der Waals surface area contributed by atoms with Crippen molar-refractivity contribution in [2.24, 2.45) is 4.99 Å². The van der Waals surface area contributed by atoms with Gasteiger partial charge in [0.1, 0.15) is 0 Å². The molecule has 29 heavy (non-hydrogen) atoms. The first-order valence-electron chi connectivity index (χ1n) is 9.54. The van der Waals surface area contributed by atoms with Gasteiger partial charge in [0.25, 0.3) is 5.91 Å². The van der Waals surface area contributed by atoms with Crippen LogP contribution in [0.3, 0.4) is 0 Å². The maximum Gasteiger partial charge on any atom is 0.337 e. The van der Waals surface area contributed by atoms with Gasteiger partial charge in [-0.25, -0.2) is 9.79 Å². The highest BCUT2D eigenvalue weighted by Crippen LogP contribution is 2.13. The first kappa shape index (κ1) is 20.5. The zero-order chi connectivity index (χ0) is 20.6. The summed E-state index contributed by atoms with van der Waals surface area (Å²) < 4.78 is 10.3. The van der Waals surface area contributed by atoms with Gasteiger partial charge in [0.05, 0.1) is 25.3 Å². The number of ether oxygens (including phenoxy) is 2. The van der Waals surface area contributed by atoms with Gasteiger partial charge in [-0.1, -0.05) is 17.7 Å². The average molecular weight is 395 g/mol. The van der Waals surface area contributed by atoms with Crippen LogP contribution in [-0.2, 0) is 9.47 Å². The highest BCUT2D eigenvalue weighted by molar-refractivity contribution is 6.10. The fraction of sp³-hybridized carbons (Fsp3) is 0.318. The van der Waals surface area contributed by atoms with Gasteiger partial charge >= 0.3 is 5.97 Å². The molecule has 1 saturated heterocycles. The molecule has 0 unspecified atom stereocenters. The first-order valence-corrected chi connectivity index (χ1v) is 9.54. The monoisotopic (exact) mass is 395 g/mol. The molecule has 0 spiro atoms. The van der Waals surface area contributed by atoms with E-state index in [0.29, 0.717) is 23.6 Å². The molecular weight excluding hydrogens is 370 g/mol. The van der Waals surface area contributed by atoms with E-state index in [2.05, 4.69) is 20.4 Å². The van der Waals surface area contributed by atoms with E-state index in [1.54, 1.807) is 24.3 Å². The number of benzene rings is 2. The van der Waals surface area contributed by atoms with E-state index in [1.807, 2.05) is 31.2 Å². The van der Waals surface area contributed by atoms with E-state index >= 15 is 0 Å². The molecule has 0 bridgehead atoms. The second kappa shape index (κ2) is 9.84. The van der Waals surface area contributed by atoms with Crippen LogP contribution < -0.4 is 10.6 Å². The minimum atomic E-state index is -0.447. The van der Waals surface area contributed by atoms with Crippen LogP contribution in [0.2, 0.25) is 0 Å². The molecule has 1 heterocycles. The Labute approximate surface area is 170 Å². The largest absolute Gasteiger partial charge is 0.465 e. The zero-order valence-corrected chi connectivity index (χ0v) is 16.6. The number of carbonyl (C=O) groups excluding carboxylic acids is 2. The van der Waals surface area contributed by atoms with E-state index in [1.165, 1.54) is 7.11 Å². The number of hydrogen-bond acceptors (Lipinski definition) is 5. The molecule has 2 N–H and O–H groups in total. The predicted octanol–water partition coefficient (Wildman–Crippen LogP) is 3.16. The average Bonchev–Trinajstić information content (AvgIpc) is 3.27. The van der Waals surface area contributed by atoms with Crippen molar-refractivity contribution < 1.29 is 19.1 Å². The number of anilines is 1. The van der Waals surface area contributed by atoms with Crippen molar-refractivity contribution in [3.63, 3.8) is 0 Å². The van der Waals surface area contributed by atoms with Crippen molar-refractivity contribution in [3.8, 4) is 0 Å². The summed E-state index contributed by atoms with van der Waals surface area (Å²) in [7, 11) is 1.32. The summed E-state index contributed by atoms with van der Waals surface area (Å²) in [5.41, 5.74) is 2.76. The van der Waals surface area contributed by atoms with E-state index in [4.69, 9.17) is 4.74 Å². The number of hydrogen-bond donors (Lipinski definition) is 2. The van der Waals surface area contributed by atoms with Gasteiger partial charge in [0.15, 0.2) is 0 Å². The Morgan fingerprint density at radius 3 is 2.41 bits per heavy atom. The van der Waals surface area contributed by atoms with E-state index in [-0.39, 0.29) is 12.0 Å². The molecule has 152 valence electrons. The van der Waals surface area contributed by atoms with Crippen LogP contribution in [0.1, 0.15) is 39.1 Å². The van der Waals surface area contributed by atoms with Crippen LogP contribution in [0, 0.1) is 6.92 Å². The number of methoxy groups -OCH3 is 1. The fourth-order valence-electron chi connectivity index (χ4n) is 2.92. The Morgan fingerprint density at radius 1 is 1.10 bits per heavy atom. The van der Waals surface area contributed by atoms with Gasteiger partial charge in [-0.15, -0.1) is 0 Å². The number of nitrogens with zero attached hydrogens (tertiary/aromatic N) is 1. The summed E-state index contributed by atoms with van der Waals surface area (Å²) in [6.07, 6.45) is 2.06. The molecule has 1 fully saturated rings. The minimum absolute atomic E-state index is 0.0704. The topological polar surface area (TPSA) is 89.0 Å². The zero-order valence-electron chi connectivity index (χ0n) is 16.6. The summed E-state index contributed by atoms with van der Waals surface area (Å²) in [6, 6.07) is 14.1. The summed E-state index contributed by atoms with van der Waals surface area (Å²) >= 11 is 0. The molecule has 0 aromatic heterocycles. The lowest BCUT2D eigenvalue weighted by Gasteiger charge is -2.13. The summed E-state index contributed by atoms with van der Waals surface area (Å²) in [5.74, 6) is -0.421. The minimum Gasteiger partial charge on any atom is -0.465 e. The lowest BCUT2D eigenvalue weighted by Crippen LogP contribution is -2.36. The van der Waals surface area contributed by atoms with Crippen molar-refractivity contribution in [3.05, 3.63) is 65.2 Å². The van der Waals surface area contributed by atoms with Crippen LogP contribution in [0.4, 0.5) is 5.69 Å². The number of nitrogens with one attached hydrogen (secondary N) is 2. The molecule has 7 heteroatoms. The number of aliphatic imine (C=N–C) groups is 1. The Balaban J connectivity index is 1.72. The standard InChI is InChI=1S/C22H25N3O4/c1-15-5-11-18(12-6-15)24-22(23-14-19-4-3-13-29-19)25-20(26)16-7-9-17(10-8-16)21(27)28-2/h5-12,19H,3-4,13-14H2,1-2H3,(H2,23,24,25,26)/t19-/m0/s1. The quantitative estimate of drug-likeness (QED) is 0.461. The molecule has 1 aliphatic heterocycles. The maximum atomic E-state index is 12.7. The molecular formula is C22H25N3O4. The smallest absolute Gasteiger partial charge is 0.337 e. The summed E-state index contributed by atoms with van der Waals surface area (Å²) in [6.45, 7) is 3.23. The van der Waals surface area contributed by atoms with Crippen LogP contribution >= 0.6 is 0 Å². The SMILES string of the molecule is COC(=O)c1ccc(C(=O)NC(=NC[C@@H]2CCCO2)Nc2ccc(C)cc2)cc1. The second-order valence-electron chi connectivity index (χ2n) is 6.84. The number of guanidine groups is 1. The summed E-state index contributed by atoms with van der Waals surface area (Å²) in [5, 5.41) is 5.97. The highest BCUT2D eigenvalue weighted by atomic mass is 16.5. The third-order valence-electron chi connectivity index (χ3n) is 4.59. The molecule has 1 atom stereocenters. The van der Waals surface area contributed by atoms with E-state index < -0.39 is 5.97 Å². The number of aryl methyl sites for hydroxylation is 1. The van der Waals surface area contributed by atoms with Crippen molar-refractivity contribution >= 4 is 23.5 Å². The van der Waals surface area contributed by atoms with Gasteiger partial charge < -0.3 is 14.8 Å². The Hall–Kier alpha value is -3.19. The molecule has 1 aliphatic rings. The Kier molecular flexibility index (Phi) is 6.97. The third kappa shape index (κ3) is 5.89. The second-order valence-corrected chi connectivity index (χ2v) is 6.84. The molecule has 7 nitrogen and oxygen atoms in total. The van der Waals surface area contributed by atoms with Gasteiger partial charge in [0.2, 0.25) is 5.96 Å². The van der Waals surface area contributed by atoms with Crippen molar-refractivity contribution in [1.29, 1.82) is 0 Å². The van der Waals surface area contributed by atoms with Crippen molar-refractivity contribution in [2.75, 3.05) is 25.6 Å². The van der Waals surface area contributed by atoms with Crippen molar-refractivity contribution in [1.82, 2.24) is 5.32 Å². The van der Waals surface area contributed by atoms with Crippen molar-refractivity contribution in [2.45, 2.75) is 25.9 Å².